The molecule has 37 heavy (non-hydrogen) atoms. The number of hydrogen-bond acceptors (Lipinski definition) is 4. The van der Waals surface area contributed by atoms with Gasteiger partial charge in [-0.15, -0.1) is 0 Å². The van der Waals surface area contributed by atoms with E-state index in [0.717, 1.165) is 21.7 Å². The highest BCUT2D eigenvalue weighted by Gasteiger charge is 2.31. The summed E-state index contributed by atoms with van der Waals surface area (Å²) in [4.78, 5) is 28.4. The van der Waals surface area contributed by atoms with E-state index in [1.54, 1.807) is 12.1 Å². The number of carbonyl (C=O) groups excluding carboxylic acids is 2. The molecule has 0 radical (unpaired) electrons. The highest BCUT2D eigenvalue weighted by molar-refractivity contribution is 7.88. The molecule has 1 N–H and O–H groups in total. The van der Waals surface area contributed by atoms with Gasteiger partial charge in [0, 0.05) is 26.6 Å². The van der Waals surface area contributed by atoms with E-state index in [9.17, 15) is 22.4 Å². The van der Waals surface area contributed by atoms with Crippen molar-refractivity contribution >= 4 is 21.8 Å². The Kier molecular flexibility index (Phi) is 9.93. The van der Waals surface area contributed by atoms with E-state index < -0.39 is 34.3 Å². The number of sulfonamides is 1. The van der Waals surface area contributed by atoms with E-state index in [2.05, 4.69) is 5.32 Å². The van der Waals surface area contributed by atoms with Crippen LogP contribution in [0.3, 0.4) is 0 Å². The number of amides is 2. The van der Waals surface area contributed by atoms with Crippen LogP contribution < -0.4 is 5.32 Å². The number of nitrogens with one attached hydrogen (secondary N) is 1. The molecule has 3 aromatic carbocycles. The average Bonchev–Trinajstić information content (AvgIpc) is 2.87. The second-order valence-electron chi connectivity index (χ2n) is 8.90. The van der Waals surface area contributed by atoms with Gasteiger partial charge in [-0.3, -0.25) is 9.59 Å². The Labute approximate surface area is 218 Å². The second-order valence-corrected chi connectivity index (χ2v) is 11.0. The minimum absolute atomic E-state index is 0.0142. The van der Waals surface area contributed by atoms with Crippen LogP contribution in [0.15, 0.2) is 84.9 Å². The summed E-state index contributed by atoms with van der Waals surface area (Å²) in [5, 5.41) is 2.94. The molecule has 9 heteroatoms. The lowest BCUT2D eigenvalue weighted by molar-refractivity contribution is -0.141. The summed E-state index contributed by atoms with van der Waals surface area (Å²) < 4.78 is 38.4. The summed E-state index contributed by atoms with van der Waals surface area (Å²) in [6.45, 7) is -0.0428. The van der Waals surface area contributed by atoms with Crippen molar-refractivity contribution in [3.63, 3.8) is 0 Å². The number of hydrogen-bond donors (Lipinski definition) is 1. The maximum Gasteiger partial charge on any atom is 0.243 e. The lowest BCUT2D eigenvalue weighted by Gasteiger charge is -2.32. The third-order valence-electron chi connectivity index (χ3n) is 6.02. The van der Waals surface area contributed by atoms with Crippen LogP contribution in [0.1, 0.15) is 16.7 Å². The van der Waals surface area contributed by atoms with E-state index in [1.807, 2.05) is 60.7 Å². The van der Waals surface area contributed by atoms with E-state index in [0.29, 0.717) is 18.5 Å². The fourth-order valence-electron chi connectivity index (χ4n) is 3.83. The molecule has 0 aliphatic carbocycles. The topological polar surface area (TPSA) is 86.8 Å². The first-order valence-electron chi connectivity index (χ1n) is 11.9. The summed E-state index contributed by atoms with van der Waals surface area (Å²) in [5.74, 6) is -1.30. The summed E-state index contributed by atoms with van der Waals surface area (Å²) >= 11 is 0. The van der Waals surface area contributed by atoms with Crippen molar-refractivity contribution in [3.05, 3.63) is 107 Å². The van der Waals surface area contributed by atoms with Gasteiger partial charge in [-0.1, -0.05) is 72.8 Å². The van der Waals surface area contributed by atoms with Crippen molar-refractivity contribution in [2.24, 2.45) is 0 Å². The predicted octanol–water partition coefficient (Wildman–Crippen LogP) is 3.02. The molecule has 0 aromatic heterocycles. The Morgan fingerprint density at radius 1 is 0.865 bits per heavy atom. The van der Waals surface area contributed by atoms with Crippen LogP contribution in [0.2, 0.25) is 0 Å². The lowest BCUT2D eigenvalue weighted by atomic mass is 10.0. The van der Waals surface area contributed by atoms with Gasteiger partial charge in [0.1, 0.15) is 11.9 Å². The highest BCUT2D eigenvalue weighted by atomic mass is 32.2. The van der Waals surface area contributed by atoms with Crippen LogP contribution >= 0.6 is 0 Å². The molecule has 3 rings (SSSR count). The van der Waals surface area contributed by atoms with Gasteiger partial charge in [0.15, 0.2) is 0 Å². The molecule has 7 nitrogen and oxygen atoms in total. The van der Waals surface area contributed by atoms with Gasteiger partial charge in [-0.25, -0.2) is 12.8 Å². The first-order valence-corrected chi connectivity index (χ1v) is 13.8. The predicted molar refractivity (Wildman–Crippen MR) is 142 cm³/mol. The Balaban J connectivity index is 1.89. The molecule has 0 fully saturated rings. The number of carbonyl (C=O) groups is 2. The summed E-state index contributed by atoms with van der Waals surface area (Å²) in [6.07, 6.45) is 1.86. The lowest BCUT2D eigenvalue weighted by Crippen LogP contribution is -2.53. The van der Waals surface area contributed by atoms with Gasteiger partial charge in [0.25, 0.3) is 0 Å². The van der Waals surface area contributed by atoms with Crippen molar-refractivity contribution in [1.82, 2.24) is 14.5 Å². The molecular weight excluding hydrogens is 493 g/mol. The molecule has 0 saturated carbocycles. The van der Waals surface area contributed by atoms with E-state index in [-0.39, 0.29) is 18.9 Å². The number of halogens is 1. The fourth-order valence-corrected chi connectivity index (χ4v) is 4.18. The largest absolute Gasteiger partial charge is 0.354 e. The smallest absolute Gasteiger partial charge is 0.243 e. The normalized spacial score (nSPS) is 12.2. The molecule has 2 amide bonds. The Morgan fingerprint density at radius 2 is 1.43 bits per heavy atom. The first-order chi connectivity index (χ1) is 17.6. The summed E-state index contributed by atoms with van der Waals surface area (Å²) in [7, 11) is -2.31. The zero-order valence-electron chi connectivity index (χ0n) is 21.0. The van der Waals surface area contributed by atoms with Crippen molar-refractivity contribution in [1.29, 1.82) is 0 Å². The van der Waals surface area contributed by atoms with Crippen LogP contribution in [-0.4, -0.2) is 61.9 Å². The zero-order valence-corrected chi connectivity index (χ0v) is 21.8. The monoisotopic (exact) mass is 525 g/mol. The molecule has 0 heterocycles. The maximum absolute atomic E-state index is 13.5. The quantitative estimate of drug-likeness (QED) is 0.394. The average molecular weight is 526 g/mol. The van der Waals surface area contributed by atoms with Gasteiger partial charge in [0.2, 0.25) is 21.8 Å². The minimum Gasteiger partial charge on any atom is -0.354 e. The van der Waals surface area contributed by atoms with E-state index in [4.69, 9.17) is 0 Å². The number of likely N-dealkylation sites (N-methyl/N-ethyl adjacent to an activating group) is 1. The summed E-state index contributed by atoms with van der Waals surface area (Å²) in [5.41, 5.74) is 2.53. The molecule has 0 bridgehead atoms. The van der Waals surface area contributed by atoms with Gasteiger partial charge in [-0.2, -0.15) is 4.31 Å². The highest BCUT2D eigenvalue weighted by Crippen LogP contribution is 2.16. The summed E-state index contributed by atoms with van der Waals surface area (Å²) in [6, 6.07) is 23.8. The van der Waals surface area contributed by atoms with Crippen LogP contribution in [0.4, 0.5) is 4.39 Å². The molecular formula is C28H32FN3O4S. The van der Waals surface area contributed by atoms with Crippen molar-refractivity contribution < 1.29 is 22.4 Å². The second kappa shape index (κ2) is 13.1. The van der Waals surface area contributed by atoms with Gasteiger partial charge in [0.05, 0.1) is 12.8 Å². The fraction of sp³-hybridized carbons (Fsp3) is 0.286. The molecule has 3 aromatic rings. The van der Waals surface area contributed by atoms with Gasteiger partial charge >= 0.3 is 0 Å². The zero-order chi connectivity index (χ0) is 26.8. The van der Waals surface area contributed by atoms with E-state index >= 15 is 0 Å². The third-order valence-corrected chi connectivity index (χ3v) is 7.28. The third kappa shape index (κ3) is 8.80. The van der Waals surface area contributed by atoms with Crippen LogP contribution in [-0.2, 0) is 39.0 Å². The molecule has 0 saturated heterocycles. The molecule has 0 spiro atoms. The molecule has 196 valence electrons. The first kappa shape index (κ1) is 28.0. The minimum atomic E-state index is -3.62. The number of nitrogens with zero attached hydrogens (tertiary/aromatic N) is 2. The van der Waals surface area contributed by atoms with Gasteiger partial charge < -0.3 is 10.2 Å². The Hall–Kier alpha value is -3.56. The van der Waals surface area contributed by atoms with Crippen LogP contribution in [0.25, 0.3) is 0 Å². The molecule has 0 aliphatic rings. The molecule has 0 aliphatic heterocycles. The van der Waals surface area contributed by atoms with E-state index in [1.165, 1.54) is 24.1 Å². The van der Waals surface area contributed by atoms with Crippen molar-refractivity contribution in [2.75, 3.05) is 26.4 Å². The number of rotatable bonds is 12. The molecule has 1 unspecified atom stereocenters. The molecule has 1 atom stereocenters. The SMILES string of the molecule is CN(CC(=O)N(Cc1ccc(F)cc1)C(Cc1ccccc1)C(=O)NCCc1ccccc1)S(C)(=O)=O. The standard InChI is InChI=1S/C28H32FN3O4S/c1-31(37(2,35)36)21-27(33)32(20-24-13-15-25(29)16-14-24)26(19-23-11-7-4-8-12-23)28(34)30-18-17-22-9-5-3-6-10-22/h3-16,26H,17-21H2,1-2H3,(H,30,34). The Bertz CT molecular complexity index is 1270. The van der Waals surface area contributed by atoms with Crippen LogP contribution in [0.5, 0.6) is 0 Å². The van der Waals surface area contributed by atoms with Crippen LogP contribution in [0, 0.1) is 5.82 Å². The Morgan fingerprint density at radius 3 is 2.00 bits per heavy atom. The maximum atomic E-state index is 13.5. The van der Waals surface area contributed by atoms with Crippen molar-refractivity contribution in [3.8, 4) is 0 Å². The van der Waals surface area contributed by atoms with Crippen molar-refractivity contribution in [2.45, 2.75) is 25.4 Å². The number of benzene rings is 3. The van der Waals surface area contributed by atoms with Gasteiger partial charge in [-0.05, 0) is 35.2 Å².